The Balaban J connectivity index is 1.67. The van der Waals surface area contributed by atoms with E-state index in [0.717, 1.165) is 18.8 Å². The Kier molecular flexibility index (Phi) is 6.06. The van der Waals surface area contributed by atoms with E-state index in [2.05, 4.69) is 10.2 Å². The molecule has 1 aliphatic heterocycles. The van der Waals surface area contributed by atoms with Gasteiger partial charge >= 0.3 is 0 Å². The van der Waals surface area contributed by atoms with Crippen LogP contribution in [0.4, 0.5) is 21.5 Å². The number of amides is 2. The molecule has 6 heteroatoms. The minimum atomic E-state index is -0.426. The highest BCUT2D eigenvalue weighted by molar-refractivity contribution is 6.01. The lowest BCUT2D eigenvalue weighted by Gasteiger charge is -2.29. The van der Waals surface area contributed by atoms with E-state index < -0.39 is 5.82 Å². The Morgan fingerprint density at radius 2 is 1.78 bits per heavy atom. The molecular weight excluding hydrogens is 345 g/mol. The van der Waals surface area contributed by atoms with Gasteiger partial charge in [0.05, 0.1) is 0 Å². The second kappa shape index (κ2) is 8.66. The second-order valence-corrected chi connectivity index (χ2v) is 6.73. The molecule has 2 aromatic rings. The predicted molar refractivity (Wildman–Crippen MR) is 106 cm³/mol. The van der Waals surface area contributed by atoms with Gasteiger partial charge < -0.3 is 15.1 Å². The minimum absolute atomic E-state index is 0.130. The fourth-order valence-corrected chi connectivity index (χ4v) is 3.29. The molecule has 1 N–H and O–H groups in total. The third-order valence-corrected chi connectivity index (χ3v) is 4.67. The number of piperidine rings is 1. The molecule has 0 spiro atoms. The van der Waals surface area contributed by atoms with Crippen molar-refractivity contribution in [1.29, 1.82) is 0 Å². The molecule has 5 nitrogen and oxygen atoms in total. The molecule has 2 amide bonds. The molecule has 0 radical (unpaired) electrons. The van der Waals surface area contributed by atoms with Crippen LogP contribution in [0.15, 0.2) is 48.5 Å². The lowest BCUT2D eigenvalue weighted by Crippen LogP contribution is -2.36. The van der Waals surface area contributed by atoms with Crippen molar-refractivity contribution in [1.82, 2.24) is 0 Å². The van der Waals surface area contributed by atoms with Crippen LogP contribution in [0.2, 0.25) is 0 Å². The predicted octanol–water partition coefficient (Wildman–Crippen LogP) is 3.81. The summed E-state index contributed by atoms with van der Waals surface area (Å²) in [5.41, 5.74) is 2.16. The second-order valence-electron chi connectivity index (χ2n) is 6.73. The first-order valence-electron chi connectivity index (χ1n) is 9.21. The van der Waals surface area contributed by atoms with Crippen LogP contribution in [0.3, 0.4) is 0 Å². The van der Waals surface area contributed by atoms with Crippen molar-refractivity contribution < 1.29 is 14.0 Å². The number of halogens is 1. The van der Waals surface area contributed by atoms with Gasteiger partial charge in [0.1, 0.15) is 12.4 Å². The topological polar surface area (TPSA) is 52.7 Å². The Hall–Kier alpha value is -2.89. The fourth-order valence-electron chi connectivity index (χ4n) is 3.29. The lowest BCUT2D eigenvalue weighted by atomic mass is 10.1. The van der Waals surface area contributed by atoms with Gasteiger partial charge in [-0.15, -0.1) is 0 Å². The summed E-state index contributed by atoms with van der Waals surface area (Å²) < 4.78 is 13.2. The highest BCUT2D eigenvalue weighted by Gasteiger charge is 2.17. The van der Waals surface area contributed by atoms with E-state index in [1.807, 2.05) is 24.3 Å². The molecule has 0 unspecified atom stereocenters. The molecule has 0 aliphatic carbocycles. The number of hydrogen-bond acceptors (Lipinski definition) is 3. The average molecular weight is 369 g/mol. The van der Waals surface area contributed by atoms with Gasteiger partial charge in [-0.2, -0.15) is 0 Å². The summed E-state index contributed by atoms with van der Waals surface area (Å²) in [6.45, 7) is 3.39. The Labute approximate surface area is 158 Å². The van der Waals surface area contributed by atoms with Crippen LogP contribution in [0.1, 0.15) is 26.2 Å². The van der Waals surface area contributed by atoms with Gasteiger partial charge in [0.2, 0.25) is 11.8 Å². The van der Waals surface area contributed by atoms with E-state index in [4.69, 9.17) is 0 Å². The Bertz CT molecular complexity index is 801. The largest absolute Gasteiger partial charge is 0.372 e. The number of benzene rings is 2. The van der Waals surface area contributed by atoms with Crippen molar-refractivity contribution >= 4 is 28.9 Å². The molecule has 1 fully saturated rings. The third kappa shape index (κ3) is 5.06. The van der Waals surface area contributed by atoms with Gasteiger partial charge in [-0.1, -0.05) is 6.07 Å². The van der Waals surface area contributed by atoms with Crippen LogP contribution in [-0.4, -0.2) is 31.4 Å². The summed E-state index contributed by atoms with van der Waals surface area (Å²) in [6.07, 6.45) is 3.66. The van der Waals surface area contributed by atoms with Gasteiger partial charge in [-0.05, 0) is 61.7 Å². The normalized spacial score (nSPS) is 13.9. The molecule has 0 saturated carbocycles. The number of hydrogen-bond donors (Lipinski definition) is 1. The van der Waals surface area contributed by atoms with Crippen LogP contribution in [-0.2, 0) is 9.59 Å². The summed E-state index contributed by atoms with van der Waals surface area (Å²) >= 11 is 0. The molecule has 1 saturated heterocycles. The summed E-state index contributed by atoms with van der Waals surface area (Å²) in [4.78, 5) is 28.1. The fraction of sp³-hybridized carbons (Fsp3) is 0.333. The molecule has 1 heterocycles. The van der Waals surface area contributed by atoms with Crippen molar-refractivity contribution in [2.24, 2.45) is 0 Å². The van der Waals surface area contributed by atoms with Crippen molar-refractivity contribution in [3.8, 4) is 0 Å². The van der Waals surface area contributed by atoms with E-state index >= 15 is 0 Å². The van der Waals surface area contributed by atoms with Crippen LogP contribution >= 0.6 is 0 Å². The number of anilines is 3. The van der Waals surface area contributed by atoms with Crippen molar-refractivity contribution in [2.75, 3.05) is 34.8 Å². The third-order valence-electron chi connectivity index (χ3n) is 4.67. The lowest BCUT2D eigenvalue weighted by molar-refractivity contribution is -0.120. The van der Waals surface area contributed by atoms with Gasteiger partial charge in [0, 0.05) is 37.1 Å². The first-order valence-corrected chi connectivity index (χ1v) is 9.21. The molecule has 2 aromatic carbocycles. The Morgan fingerprint density at radius 3 is 2.41 bits per heavy atom. The monoisotopic (exact) mass is 369 g/mol. The molecule has 3 rings (SSSR count). The summed E-state index contributed by atoms with van der Waals surface area (Å²) in [5, 5.41) is 2.62. The maximum absolute atomic E-state index is 13.2. The number of carbonyl (C=O) groups is 2. The summed E-state index contributed by atoms with van der Waals surface area (Å²) in [7, 11) is 0. The number of carbonyl (C=O) groups excluding carboxylic acids is 2. The molecule has 0 bridgehead atoms. The van der Waals surface area contributed by atoms with Crippen LogP contribution in [0.5, 0.6) is 0 Å². The average Bonchev–Trinajstić information content (AvgIpc) is 2.67. The van der Waals surface area contributed by atoms with Crippen LogP contribution in [0.25, 0.3) is 0 Å². The minimum Gasteiger partial charge on any atom is -0.372 e. The highest BCUT2D eigenvalue weighted by Crippen LogP contribution is 2.24. The van der Waals surface area contributed by atoms with E-state index in [9.17, 15) is 14.0 Å². The zero-order chi connectivity index (χ0) is 19.2. The zero-order valence-electron chi connectivity index (χ0n) is 15.5. The highest BCUT2D eigenvalue weighted by atomic mass is 19.1. The maximum Gasteiger partial charge on any atom is 0.244 e. The number of rotatable bonds is 5. The smallest absolute Gasteiger partial charge is 0.244 e. The van der Waals surface area contributed by atoms with E-state index in [-0.39, 0.29) is 18.4 Å². The van der Waals surface area contributed by atoms with E-state index in [0.29, 0.717) is 11.4 Å². The molecular formula is C21H24FN3O2. The van der Waals surface area contributed by atoms with Crippen LogP contribution in [0, 0.1) is 5.82 Å². The quantitative estimate of drug-likeness (QED) is 0.872. The Morgan fingerprint density at radius 1 is 1.07 bits per heavy atom. The SMILES string of the molecule is CC(=O)N(CC(=O)Nc1cccc(F)c1)c1ccc(N2CCCCC2)cc1. The van der Waals surface area contributed by atoms with E-state index in [1.54, 1.807) is 6.07 Å². The summed E-state index contributed by atoms with van der Waals surface area (Å²) in [5.74, 6) is -1.03. The standard InChI is InChI=1S/C21H24FN3O2/c1-16(26)25(15-21(27)23-18-7-5-6-17(22)14-18)20-10-8-19(9-11-20)24-12-3-2-4-13-24/h5-11,14H,2-4,12-13,15H2,1H3,(H,23,27). The van der Waals surface area contributed by atoms with Gasteiger partial charge in [0.15, 0.2) is 0 Å². The maximum atomic E-state index is 13.2. The zero-order valence-corrected chi connectivity index (χ0v) is 15.5. The molecule has 142 valence electrons. The molecule has 0 aromatic heterocycles. The van der Waals surface area contributed by atoms with Gasteiger partial charge in [-0.25, -0.2) is 4.39 Å². The number of nitrogens with one attached hydrogen (secondary N) is 1. The van der Waals surface area contributed by atoms with Crippen molar-refractivity contribution in [3.05, 3.63) is 54.3 Å². The molecule has 0 atom stereocenters. The van der Waals surface area contributed by atoms with E-state index in [1.165, 1.54) is 49.3 Å². The van der Waals surface area contributed by atoms with Gasteiger partial charge in [-0.3, -0.25) is 9.59 Å². The van der Waals surface area contributed by atoms with Gasteiger partial charge in [0.25, 0.3) is 0 Å². The molecule has 27 heavy (non-hydrogen) atoms. The first-order chi connectivity index (χ1) is 13.0. The van der Waals surface area contributed by atoms with Crippen LogP contribution < -0.4 is 15.1 Å². The molecule has 1 aliphatic rings. The number of nitrogens with zero attached hydrogens (tertiary/aromatic N) is 2. The van der Waals surface area contributed by atoms with Crippen molar-refractivity contribution in [3.63, 3.8) is 0 Å². The van der Waals surface area contributed by atoms with Crippen molar-refractivity contribution in [2.45, 2.75) is 26.2 Å². The summed E-state index contributed by atoms with van der Waals surface area (Å²) in [6, 6.07) is 13.4. The first kappa shape index (κ1) is 18.9.